The van der Waals surface area contributed by atoms with Crippen LogP contribution in [0.3, 0.4) is 0 Å². The van der Waals surface area contributed by atoms with Gasteiger partial charge in [0.1, 0.15) is 23.1 Å². The number of nitrogen functional groups attached to an aromatic ring is 1. The number of hydrogen-bond acceptors (Lipinski definition) is 6. The Bertz CT molecular complexity index is 657. The third kappa shape index (κ3) is 2.62. The summed E-state index contributed by atoms with van der Waals surface area (Å²) in [6.45, 7) is 1.74. The Balaban J connectivity index is 2.61. The molecule has 0 radical (unpaired) electrons. The molecule has 7 nitrogen and oxygen atoms in total. The molecule has 0 unspecified atom stereocenters. The van der Waals surface area contributed by atoms with Crippen molar-refractivity contribution in [3.63, 3.8) is 0 Å². The highest BCUT2D eigenvalue weighted by molar-refractivity contribution is 5.92. The summed E-state index contributed by atoms with van der Waals surface area (Å²) in [7, 11) is 4.40. The molecule has 0 fully saturated rings. The van der Waals surface area contributed by atoms with Crippen molar-refractivity contribution in [2.24, 2.45) is 0 Å². The Morgan fingerprint density at radius 1 is 1.14 bits per heavy atom. The molecule has 2 aromatic rings. The molecule has 0 bridgehead atoms. The second-order valence-electron chi connectivity index (χ2n) is 4.29. The Hall–Kier alpha value is -2.70. The predicted octanol–water partition coefficient (Wildman–Crippen LogP) is 1.57. The molecule has 0 aliphatic heterocycles. The number of esters is 1. The lowest BCUT2D eigenvalue weighted by atomic mass is 10.2. The average molecular weight is 291 g/mol. The number of carbonyl (C=O) groups is 1. The lowest BCUT2D eigenvalue weighted by Gasteiger charge is -2.11. The first kappa shape index (κ1) is 14.7. The lowest BCUT2D eigenvalue weighted by Crippen LogP contribution is -2.08. The van der Waals surface area contributed by atoms with E-state index >= 15 is 0 Å². The molecule has 0 saturated carbocycles. The first-order valence-electron chi connectivity index (χ1n) is 6.18. The van der Waals surface area contributed by atoms with Crippen LogP contribution >= 0.6 is 0 Å². The first-order valence-corrected chi connectivity index (χ1v) is 6.18. The summed E-state index contributed by atoms with van der Waals surface area (Å²) < 4.78 is 16.8. The van der Waals surface area contributed by atoms with Gasteiger partial charge in [-0.25, -0.2) is 9.78 Å². The van der Waals surface area contributed by atoms with Crippen LogP contribution in [-0.2, 0) is 4.74 Å². The van der Waals surface area contributed by atoms with E-state index in [2.05, 4.69) is 9.72 Å². The normalized spacial score (nSPS) is 10.3. The Morgan fingerprint density at radius 2 is 1.71 bits per heavy atom. The largest absolute Gasteiger partial charge is 0.497 e. The summed E-state index contributed by atoms with van der Waals surface area (Å²) >= 11 is 0. The summed E-state index contributed by atoms with van der Waals surface area (Å²) in [4.78, 5) is 15.8. The van der Waals surface area contributed by atoms with E-state index in [1.165, 1.54) is 7.11 Å². The zero-order valence-corrected chi connectivity index (χ0v) is 12.3. The fourth-order valence-corrected chi connectivity index (χ4v) is 2.04. The number of aromatic nitrogens is 2. The van der Waals surface area contributed by atoms with Crippen molar-refractivity contribution in [3.8, 4) is 17.2 Å². The van der Waals surface area contributed by atoms with Crippen molar-refractivity contribution in [3.05, 3.63) is 29.7 Å². The van der Waals surface area contributed by atoms with Gasteiger partial charge in [0, 0.05) is 18.2 Å². The minimum Gasteiger partial charge on any atom is -0.497 e. The summed E-state index contributed by atoms with van der Waals surface area (Å²) in [5.41, 5.74) is 6.78. The fourth-order valence-electron chi connectivity index (χ4n) is 2.04. The van der Waals surface area contributed by atoms with Crippen LogP contribution in [0.25, 0.3) is 5.69 Å². The third-order valence-electron chi connectivity index (χ3n) is 3.05. The Kier molecular flexibility index (Phi) is 4.02. The molecular formula is C14H17N3O4. The van der Waals surface area contributed by atoms with Crippen LogP contribution in [0.2, 0.25) is 0 Å². The van der Waals surface area contributed by atoms with Gasteiger partial charge < -0.3 is 19.9 Å². The lowest BCUT2D eigenvalue weighted by molar-refractivity contribution is 0.0596. The molecule has 1 aromatic heterocycles. The topological polar surface area (TPSA) is 88.6 Å². The van der Waals surface area contributed by atoms with Crippen LogP contribution < -0.4 is 15.2 Å². The highest BCUT2D eigenvalue weighted by Gasteiger charge is 2.20. The van der Waals surface area contributed by atoms with Gasteiger partial charge in [0.05, 0.1) is 27.0 Å². The zero-order valence-electron chi connectivity index (χ0n) is 12.3. The molecule has 7 heteroatoms. The van der Waals surface area contributed by atoms with Crippen LogP contribution in [-0.4, -0.2) is 36.8 Å². The van der Waals surface area contributed by atoms with Crippen LogP contribution in [0.4, 0.5) is 5.82 Å². The van der Waals surface area contributed by atoms with E-state index in [1.54, 1.807) is 43.9 Å². The van der Waals surface area contributed by atoms with Crippen LogP contribution in [0, 0.1) is 6.92 Å². The molecule has 0 aliphatic carbocycles. The molecule has 2 rings (SSSR count). The number of benzene rings is 1. The van der Waals surface area contributed by atoms with Crippen molar-refractivity contribution in [2.75, 3.05) is 27.1 Å². The molecule has 0 aliphatic rings. The summed E-state index contributed by atoms with van der Waals surface area (Å²) in [5.74, 6) is 1.40. The van der Waals surface area contributed by atoms with Crippen LogP contribution in [0.5, 0.6) is 11.5 Å². The molecule has 0 atom stereocenters. The maximum Gasteiger partial charge on any atom is 0.360 e. The number of anilines is 1. The van der Waals surface area contributed by atoms with Crippen molar-refractivity contribution in [1.29, 1.82) is 0 Å². The highest BCUT2D eigenvalue weighted by Crippen LogP contribution is 2.28. The number of nitrogens with zero attached hydrogens (tertiary/aromatic N) is 2. The zero-order chi connectivity index (χ0) is 15.6. The minimum absolute atomic E-state index is 0.0804. The van der Waals surface area contributed by atoms with Gasteiger partial charge in [-0.1, -0.05) is 0 Å². The molecule has 0 spiro atoms. The molecular weight excluding hydrogens is 274 g/mol. The summed E-state index contributed by atoms with van der Waals surface area (Å²) in [5, 5.41) is 0. The van der Waals surface area contributed by atoms with Gasteiger partial charge in [-0.3, -0.25) is 4.57 Å². The van der Waals surface area contributed by atoms with Gasteiger partial charge in [-0.05, 0) is 6.92 Å². The predicted molar refractivity (Wildman–Crippen MR) is 77.2 cm³/mol. The Morgan fingerprint density at radius 3 is 2.19 bits per heavy atom. The first-order chi connectivity index (χ1) is 10.0. The van der Waals surface area contributed by atoms with Gasteiger partial charge in [-0.2, -0.15) is 0 Å². The van der Waals surface area contributed by atoms with E-state index in [4.69, 9.17) is 15.2 Å². The minimum atomic E-state index is -0.579. The molecule has 2 N–H and O–H groups in total. The van der Waals surface area contributed by atoms with Crippen LogP contribution in [0.15, 0.2) is 18.2 Å². The molecule has 112 valence electrons. The highest BCUT2D eigenvalue weighted by atomic mass is 16.5. The van der Waals surface area contributed by atoms with E-state index < -0.39 is 5.97 Å². The van der Waals surface area contributed by atoms with Gasteiger partial charge in [-0.15, -0.1) is 0 Å². The molecule has 1 heterocycles. The van der Waals surface area contributed by atoms with E-state index in [9.17, 15) is 4.79 Å². The SMILES string of the molecule is COC(=O)c1nc(C)n(-c2cc(OC)cc(OC)c2)c1N. The number of ether oxygens (including phenoxy) is 3. The monoisotopic (exact) mass is 291 g/mol. The van der Waals surface area contributed by atoms with E-state index in [1.807, 2.05) is 0 Å². The second-order valence-corrected chi connectivity index (χ2v) is 4.29. The maximum atomic E-state index is 11.6. The van der Waals surface area contributed by atoms with Gasteiger partial charge >= 0.3 is 5.97 Å². The van der Waals surface area contributed by atoms with Crippen molar-refractivity contribution in [2.45, 2.75) is 6.92 Å². The Labute approximate surface area is 122 Å². The van der Waals surface area contributed by atoms with E-state index in [0.717, 1.165) is 0 Å². The second kappa shape index (κ2) is 5.74. The summed E-state index contributed by atoms with van der Waals surface area (Å²) in [6.07, 6.45) is 0. The van der Waals surface area contributed by atoms with E-state index in [0.29, 0.717) is 23.0 Å². The number of nitrogens with two attached hydrogens (primary N) is 1. The van der Waals surface area contributed by atoms with Crippen molar-refractivity contribution in [1.82, 2.24) is 9.55 Å². The quantitative estimate of drug-likeness (QED) is 0.860. The average Bonchev–Trinajstić information content (AvgIpc) is 2.80. The summed E-state index contributed by atoms with van der Waals surface area (Å²) in [6, 6.07) is 5.29. The number of carbonyl (C=O) groups excluding carboxylic acids is 1. The number of imidazole rings is 1. The third-order valence-corrected chi connectivity index (χ3v) is 3.05. The number of rotatable bonds is 4. The van der Waals surface area contributed by atoms with Crippen LogP contribution in [0.1, 0.15) is 16.3 Å². The standard InChI is InChI=1S/C14H17N3O4/c1-8-16-12(14(18)21-4)13(15)17(8)9-5-10(19-2)7-11(6-9)20-3/h5-7H,15H2,1-4H3. The van der Waals surface area contributed by atoms with Crippen molar-refractivity contribution < 1.29 is 19.0 Å². The fraction of sp³-hybridized carbons (Fsp3) is 0.286. The van der Waals surface area contributed by atoms with Gasteiger partial charge in [0.15, 0.2) is 5.69 Å². The van der Waals surface area contributed by atoms with Gasteiger partial charge in [0.25, 0.3) is 0 Å². The maximum absolute atomic E-state index is 11.6. The van der Waals surface area contributed by atoms with E-state index in [-0.39, 0.29) is 11.5 Å². The smallest absolute Gasteiger partial charge is 0.360 e. The number of hydrogen-bond donors (Lipinski definition) is 1. The van der Waals surface area contributed by atoms with Crippen molar-refractivity contribution >= 4 is 11.8 Å². The molecule has 1 aromatic carbocycles. The molecule has 0 amide bonds. The molecule has 21 heavy (non-hydrogen) atoms. The number of methoxy groups -OCH3 is 3. The number of aryl methyl sites for hydroxylation is 1. The molecule has 0 saturated heterocycles. The van der Waals surface area contributed by atoms with Gasteiger partial charge in [0.2, 0.25) is 0 Å².